The van der Waals surface area contributed by atoms with Crippen LogP contribution >= 0.6 is 12.2 Å². The molecule has 1 aromatic rings. The van der Waals surface area contributed by atoms with Gasteiger partial charge in [-0.2, -0.15) is 5.10 Å². The van der Waals surface area contributed by atoms with Crippen LogP contribution in [0.15, 0.2) is 35.4 Å². The minimum atomic E-state index is 0.231. The molecule has 1 aliphatic carbocycles. The Morgan fingerprint density at radius 3 is 2.76 bits per heavy atom. The van der Waals surface area contributed by atoms with Gasteiger partial charge in [-0.3, -0.25) is 5.43 Å². The normalized spacial score (nSPS) is 22.4. The van der Waals surface area contributed by atoms with Gasteiger partial charge in [0.25, 0.3) is 0 Å². The van der Waals surface area contributed by atoms with Crippen LogP contribution in [0.3, 0.4) is 0 Å². The molecule has 0 radical (unpaired) electrons. The van der Waals surface area contributed by atoms with Crippen LogP contribution in [0.1, 0.15) is 37.2 Å². The number of hydrogen-bond acceptors (Lipinski definition) is 2. The molecule has 17 heavy (non-hydrogen) atoms. The Morgan fingerprint density at radius 1 is 1.29 bits per heavy atom. The molecular formula is C13H17N3S. The van der Waals surface area contributed by atoms with Gasteiger partial charge in [-0.05, 0) is 37.0 Å². The molecule has 90 valence electrons. The van der Waals surface area contributed by atoms with Gasteiger partial charge in [-0.1, -0.05) is 36.8 Å². The highest BCUT2D eigenvalue weighted by atomic mass is 32.1. The third kappa shape index (κ3) is 3.27. The van der Waals surface area contributed by atoms with Crippen molar-refractivity contribution >= 4 is 23.0 Å². The van der Waals surface area contributed by atoms with Gasteiger partial charge in [0.15, 0.2) is 5.11 Å². The molecule has 1 saturated carbocycles. The third-order valence-corrected chi connectivity index (χ3v) is 3.18. The van der Waals surface area contributed by atoms with Crippen molar-refractivity contribution in [2.24, 2.45) is 10.8 Å². The summed E-state index contributed by atoms with van der Waals surface area (Å²) in [5.41, 5.74) is 10.6. The zero-order chi connectivity index (χ0) is 12.1. The van der Waals surface area contributed by atoms with Crippen LogP contribution in [-0.4, -0.2) is 10.8 Å². The molecule has 0 spiro atoms. The van der Waals surface area contributed by atoms with Crippen molar-refractivity contribution in [3.8, 4) is 0 Å². The second-order valence-corrected chi connectivity index (χ2v) is 4.73. The van der Waals surface area contributed by atoms with Crippen molar-refractivity contribution in [1.82, 2.24) is 5.43 Å². The second-order valence-electron chi connectivity index (χ2n) is 4.29. The molecule has 1 aliphatic rings. The Bertz CT molecular complexity index is 414. The van der Waals surface area contributed by atoms with E-state index in [0.717, 1.165) is 18.6 Å². The first kappa shape index (κ1) is 12.0. The average Bonchev–Trinajstić information content (AvgIpc) is 2.38. The quantitative estimate of drug-likeness (QED) is 0.623. The fraction of sp³-hybridized carbons (Fsp3) is 0.385. The summed E-state index contributed by atoms with van der Waals surface area (Å²) in [5, 5.41) is 4.57. The summed E-state index contributed by atoms with van der Waals surface area (Å²) in [7, 11) is 0. The summed E-state index contributed by atoms with van der Waals surface area (Å²) in [6.45, 7) is 0. The molecule has 0 saturated heterocycles. The molecular weight excluding hydrogens is 230 g/mol. The van der Waals surface area contributed by atoms with Crippen LogP contribution in [0.25, 0.3) is 0 Å². The van der Waals surface area contributed by atoms with E-state index in [1.807, 2.05) is 6.07 Å². The minimum absolute atomic E-state index is 0.231. The highest BCUT2D eigenvalue weighted by molar-refractivity contribution is 7.80. The van der Waals surface area contributed by atoms with Gasteiger partial charge in [-0.15, -0.1) is 0 Å². The Hall–Kier alpha value is -1.42. The summed E-state index contributed by atoms with van der Waals surface area (Å²) in [6.07, 6.45) is 4.63. The van der Waals surface area contributed by atoms with E-state index in [1.54, 1.807) is 0 Å². The van der Waals surface area contributed by atoms with E-state index in [-0.39, 0.29) is 5.11 Å². The standard InChI is InChI=1S/C13H17N3S/c14-13(17)16-15-12-9-5-4-8-11(12)10-6-2-1-3-7-10/h1-3,6-7,11H,4-5,8-9H2,(H3,14,16,17). The molecule has 1 aromatic carbocycles. The number of nitrogens with two attached hydrogens (primary N) is 1. The second kappa shape index (κ2) is 5.77. The number of nitrogens with zero attached hydrogens (tertiary/aromatic N) is 1. The van der Waals surface area contributed by atoms with E-state index in [9.17, 15) is 0 Å². The fourth-order valence-electron chi connectivity index (χ4n) is 2.30. The van der Waals surface area contributed by atoms with Crippen LogP contribution in [0.5, 0.6) is 0 Å². The molecule has 0 aromatic heterocycles. The largest absolute Gasteiger partial charge is 0.375 e. The lowest BCUT2D eigenvalue weighted by atomic mass is 9.82. The Kier molecular flexibility index (Phi) is 4.09. The first-order valence-corrected chi connectivity index (χ1v) is 6.35. The van der Waals surface area contributed by atoms with Gasteiger partial charge in [0.1, 0.15) is 0 Å². The zero-order valence-electron chi connectivity index (χ0n) is 9.73. The summed E-state index contributed by atoms with van der Waals surface area (Å²) in [4.78, 5) is 0. The van der Waals surface area contributed by atoms with Crippen molar-refractivity contribution in [2.45, 2.75) is 31.6 Å². The molecule has 1 atom stereocenters. The number of benzene rings is 1. The molecule has 4 heteroatoms. The average molecular weight is 247 g/mol. The molecule has 1 unspecified atom stereocenters. The number of rotatable bonds is 2. The highest BCUT2D eigenvalue weighted by Crippen LogP contribution is 2.30. The van der Waals surface area contributed by atoms with Gasteiger partial charge in [0.2, 0.25) is 0 Å². The maximum Gasteiger partial charge on any atom is 0.184 e. The van der Waals surface area contributed by atoms with Crippen LogP contribution in [-0.2, 0) is 0 Å². The van der Waals surface area contributed by atoms with Crippen molar-refractivity contribution < 1.29 is 0 Å². The first-order chi connectivity index (χ1) is 8.27. The maximum absolute atomic E-state index is 5.41. The van der Waals surface area contributed by atoms with Crippen LogP contribution in [0, 0.1) is 0 Å². The topological polar surface area (TPSA) is 50.4 Å². The van der Waals surface area contributed by atoms with E-state index < -0.39 is 0 Å². The van der Waals surface area contributed by atoms with E-state index in [2.05, 4.69) is 34.8 Å². The third-order valence-electron chi connectivity index (χ3n) is 3.09. The molecule has 3 nitrogen and oxygen atoms in total. The highest BCUT2D eigenvalue weighted by Gasteiger charge is 2.21. The van der Waals surface area contributed by atoms with E-state index in [1.165, 1.54) is 18.4 Å². The summed E-state index contributed by atoms with van der Waals surface area (Å²) in [5.74, 6) is 0.409. The van der Waals surface area contributed by atoms with E-state index in [4.69, 9.17) is 18.0 Å². The Balaban J connectivity index is 2.18. The van der Waals surface area contributed by atoms with E-state index in [0.29, 0.717) is 5.92 Å². The Morgan fingerprint density at radius 2 is 2.06 bits per heavy atom. The maximum atomic E-state index is 5.41. The van der Waals surface area contributed by atoms with Crippen LogP contribution in [0.4, 0.5) is 0 Å². The van der Waals surface area contributed by atoms with Crippen LogP contribution < -0.4 is 11.2 Å². The van der Waals surface area contributed by atoms with Gasteiger partial charge < -0.3 is 5.73 Å². The number of nitrogens with one attached hydrogen (secondary N) is 1. The smallest absolute Gasteiger partial charge is 0.184 e. The molecule has 3 N–H and O–H groups in total. The first-order valence-electron chi connectivity index (χ1n) is 5.94. The predicted molar refractivity (Wildman–Crippen MR) is 75.0 cm³/mol. The number of hydrogen-bond donors (Lipinski definition) is 2. The van der Waals surface area contributed by atoms with Crippen molar-refractivity contribution in [1.29, 1.82) is 0 Å². The predicted octanol–water partition coefficient (Wildman–Crippen LogP) is 2.53. The lowest BCUT2D eigenvalue weighted by Crippen LogP contribution is -2.28. The molecule has 1 fully saturated rings. The van der Waals surface area contributed by atoms with E-state index >= 15 is 0 Å². The van der Waals surface area contributed by atoms with Crippen molar-refractivity contribution in [3.63, 3.8) is 0 Å². The van der Waals surface area contributed by atoms with Crippen LogP contribution in [0.2, 0.25) is 0 Å². The molecule has 2 rings (SSSR count). The van der Waals surface area contributed by atoms with Gasteiger partial charge in [0, 0.05) is 11.6 Å². The molecule has 0 aliphatic heterocycles. The summed E-state index contributed by atoms with van der Waals surface area (Å²) in [6, 6.07) is 10.5. The lowest BCUT2D eigenvalue weighted by Gasteiger charge is -2.24. The summed E-state index contributed by atoms with van der Waals surface area (Å²) >= 11 is 4.78. The molecule has 0 amide bonds. The van der Waals surface area contributed by atoms with Gasteiger partial charge in [-0.25, -0.2) is 0 Å². The van der Waals surface area contributed by atoms with Crippen molar-refractivity contribution in [2.75, 3.05) is 0 Å². The number of thiocarbonyl (C=S) groups is 1. The molecule has 0 heterocycles. The van der Waals surface area contributed by atoms with Crippen molar-refractivity contribution in [3.05, 3.63) is 35.9 Å². The molecule has 0 bridgehead atoms. The summed E-state index contributed by atoms with van der Waals surface area (Å²) < 4.78 is 0. The van der Waals surface area contributed by atoms with Gasteiger partial charge in [0.05, 0.1) is 0 Å². The zero-order valence-corrected chi connectivity index (χ0v) is 10.5. The monoisotopic (exact) mass is 247 g/mol. The Labute approximate surface area is 107 Å². The SMILES string of the molecule is NC(=S)NN=C1CCCCC1c1ccccc1. The van der Waals surface area contributed by atoms with Gasteiger partial charge >= 0.3 is 0 Å². The number of hydrazone groups is 1. The fourth-order valence-corrected chi connectivity index (χ4v) is 2.35. The minimum Gasteiger partial charge on any atom is -0.375 e. The lowest BCUT2D eigenvalue weighted by molar-refractivity contribution is 0.608.